The minimum Gasteiger partial charge on any atom is -0.349 e. The second-order valence-electron chi connectivity index (χ2n) is 6.35. The highest BCUT2D eigenvalue weighted by Crippen LogP contribution is 2.11. The van der Waals surface area contributed by atoms with E-state index in [2.05, 4.69) is 22.5 Å². The molecule has 8 heteroatoms. The lowest BCUT2D eigenvalue weighted by Crippen LogP contribution is -2.46. The molecule has 3 heterocycles. The van der Waals surface area contributed by atoms with Crippen LogP contribution in [0.5, 0.6) is 0 Å². The third-order valence-electron chi connectivity index (χ3n) is 4.51. The van der Waals surface area contributed by atoms with Crippen LogP contribution < -0.4 is 21.9 Å². The van der Waals surface area contributed by atoms with E-state index in [0.29, 0.717) is 11.6 Å². The molecule has 0 saturated carbocycles. The highest BCUT2D eigenvalue weighted by molar-refractivity contribution is 5.96. The van der Waals surface area contributed by atoms with E-state index in [4.69, 9.17) is 0 Å². The molecular weight excluding hydrogens is 310 g/mol. The van der Waals surface area contributed by atoms with E-state index in [1.165, 1.54) is 23.9 Å². The van der Waals surface area contributed by atoms with Crippen molar-refractivity contribution in [2.24, 2.45) is 14.1 Å². The topological polar surface area (TPSA) is 98.0 Å². The summed E-state index contributed by atoms with van der Waals surface area (Å²) in [5, 5.41) is 6.58. The molecule has 0 aliphatic carbocycles. The molecule has 0 aromatic carbocycles. The molecule has 0 bridgehead atoms. The van der Waals surface area contributed by atoms with Gasteiger partial charge in [0, 0.05) is 32.4 Å². The molecule has 128 valence electrons. The Bertz CT molecular complexity index is 914. The molecule has 1 aliphatic heterocycles. The van der Waals surface area contributed by atoms with Crippen molar-refractivity contribution in [3.05, 3.63) is 38.7 Å². The van der Waals surface area contributed by atoms with Gasteiger partial charge < -0.3 is 10.6 Å². The van der Waals surface area contributed by atoms with E-state index in [1.807, 2.05) is 0 Å². The van der Waals surface area contributed by atoms with Crippen LogP contribution in [0, 0.1) is 0 Å². The van der Waals surface area contributed by atoms with Gasteiger partial charge >= 0.3 is 5.69 Å². The monoisotopic (exact) mass is 331 g/mol. The van der Waals surface area contributed by atoms with Gasteiger partial charge in [0.15, 0.2) is 0 Å². The maximum Gasteiger partial charge on any atom is 0.332 e. The second-order valence-corrected chi connectivity index (χ2v) is 6.35. The molecule has 1 aliphatic rings. The third-order valence-corrected chi connectivity index (χ3v) is 4.51. The van der Waals surface area contributed by atoms with Crippen LogP contribution in [0.3, 0.4) is 0 Å². The summed E-state index contributed by atoms with van der Waals surface area (Å²) in [7, 11) is 2.96. The number of fused-ring (bicyclic) bond motifs is 1. The molecule has 2 atom stereocenters. The fraction of sp³-hybridized carbons (Fsp3) is 0.500. The number of hydrogen-bond donors (Lipinski definition) is 2. The molecule has 2 unspecified atom stereocenters. The Morgan fingerprint density at radius 3 is 2.79 bits per heavy atom. The van der Waals surface area contributed by atoms with Crippen LogP contribution in [0.15, 0.2) is 21.9 Å². The summed E-state index contributed by atoms with van der Waals surface area (Å²) < 4.78 is 2.31. The highest BCUT2D eigenvalue weighted by atomic mass is 16.2. The summed E-state index contributed by atoms with van der Waals surface area (Å²) in [6.07, 6.45) is 3.14. The van der Waals surface area contributed by atoms with Crippen molar-refractivity contribution in [3.63, 3.8) is 0 Å². The van der Waals surface area contributed by atoms with Gasteiger partial charge in [-0.15, -0.1) is 0 Å². The summed E-state index contributed by atoms with van der Waals surface area (Å²) in [6.45, 7) is 2.95. The first-order valence-electron chi connectivity index (χ1n) is 7.98. The van der Waals surface area contributed by atoms with Crippen LogP contribution in [-0.4, -0.2) is 38.7 Å². The number of aromatic nitrogens is 3. The maximum atomic E-state index is 12.5. The molecule has 3 rings (SSSR count). The Morgan fingerprint density at radius 1 is 1.33 bits per heavy atom. The van der Waals surface area contributed by atoms with Gasteiger partial charge in [-0.25, -0.2) is 9.78 Å². The number of pyridine rings is 1. The smallest absolute Gasteiger partial charge is 0.332 e. The fourth-order valence-electron chi connectivity index (χ4n) is 3.12. The zero-order chi connectivity index (χ0) is 17.4. The van der Waals surface area contributed by atoms with Gasteiger partial charge in [0.05, 0.1) is 10.9 Å². The number of carbonyl (C=O) groups is 1. The van der Waals surface area contributed by atoms with Gasteiger partial charge in [-0.1, -0.05) is 0 Å². The van der Waals surface area contributed by atoms with Gasteiger partial charge in [-0.2, -0.15) is 0 Å². The third kappa shape index (κ3) is 2.84. The number of rotatable bonds is 2. The van der Waals surface area contributed by atoms with Crippen LogP contribution in [0.4, 0.5) is 0 Å². The summed E-state index contributed by atoms with van der Waals surface area (Å²) >= 11 is 0. The molecule has 0 radical (unpaired) electrons. The van der Waals surface area contributed by atoms with E-state index >= 15 is 0 Å². The number of nitrogens with one attached hydrogen (secondary N) is 2. The number of hydrogen-bond acceptors (Lipinski definition) is 5. The standard InChI is InChI=1S/C16H21N5O3/c1-9-6-11(4-5-17-9)19-14(22)10-7-12-13(18-8-10)20(2)16(24)21(3)15(12)23/h7-9,11,17H,4-6H2,1-3H3,(H,19,22). The van der Waals surface area contributed by atoms with Crippen molar-refractivity contribution in [2.75, 3.05) is 6.54 Å². The molecule has 2 N–H and O–H groups in total. The predicted octanol–water partition coefficient (Wildman–Crippen LogP) is -0.497. The SMILES string of the molecule is CC1CC(NC(=O)c2cnc3c(c2)c(=O)n(C)c(=O)n3C)CCN1. The minimum absolute atomic E-state index is 0.104. The lowest BCUT2D eigenvalue weighted by molar-refractivity contribution is 0.0925. The first-order chi connectivity index (χ1) is 11.4. The van der Waals surface area contributed by atoms with E-state index in [1.54, 1.807) is 7.05 Å². The first-order valence-corrected chi connectivity index (χ1v) is 7.98. The number of amides is 1. The van der Waals surface area contributed by atoms with Crippen LogP contribution in [-0.2, 0) is 14.1 Å². The zero-order valence-corrected chi connectivity index (χ0v) is 14.0. The van der Waals surface area contributed by atoms with Crippen molar-refractivity contribution in [1.82, 2.24) is 24.8 Å². The molecule has 1 saturated heterocycles. The van der Waals surface area contributed by atoms with Gasteiger partial charge in [0.2, 0.25) is 0 Å². The molecule has 8 nitrogen and oxygen atoms in total. The first kappa shape index (κ1) is 16.4. The highest BCUT2D eigenvalue weighted by Gasteiger charge is 2.21. The molecular formula is C16H21N5O3. The van der Waals surface area contributed by atoms with E-state index in [9.17, 15) is 14.4 Å². The quantitative estimate of drug-likeness (QED) is 0.773. The Morgan fingerprint density at radius 2 is 2.08 bits per heavy atom. The average molecular weight is 331 g/mol. The van der Waals surface area contributed by atoms with Gasteiger partial charge in [0.25, 0.3) is 11.5 Å². The lowest BCUT2D eigenvalue weighted by atomic mass is 10.0. The largest absolute Gasteiger partial charge is 0.349 e. The summed E-state index contributed by atoms with van der Waals surface area (Å²) in [4.78, 5) is 40.8. The maximum absolute atomic E-state index is 12.5. The van der Waals surface area contributed by atoms with Crippen molar-refractivity contribution in [1.29, 1.82) is 0 Å². The zero-order valence-electron chi connectivity index (χ0n) is 14.0. The van der Waals surface area contributed by atoms with E-state index in [0.717, 1.165) is 24.0 Å². The van der Waals surface area contributed by atoms with Gasteiger partial charge in [0.1, 0.15) is 5.65 Å². The summed E-state index contributed by atoms with van der Waals surface area (Å²) in [6, 6.07) is 1.97. The van der Waals surface area contributed by atoms with Gasteiger partial charge in [-0.3, -0.25) is 18.7 Å². The normalized spacial score (nSPS) is 21.0. The van der Waals surface area contributed by atoms with Crippen molar-refractivity contribution in [2.45, 2.75) is 31.8 Å². The number of nitrogens with zero attached hydrogens (tertiary/aromatic N) is 3. The Labute approximate surface area is 138 Å². The summed E-state index contributed by atoms with van der Waals surface area (Å²) in [5.41, 5.74) is -0.300. The molecule has 24 heavy (non-hydrogen) atoms. The lowest BCUT2D eigenvalue weighted by Gasteiger charge is -2.28. The van der Waals surface area contributed by atoms with Crippen LogP contribution in [0.2, 0.25) is 0 Å². The molecule has 1 amide bonds. The molecule has 1 fully saturated rings. The number of piperidine rings is 1. The van der Waals surface area contributed by atoms with Crippen molar-refractivity contribution < 1.29 is 4.79 Å². The Hall–Kier alpha value is -2.48. The van der Waals surface area contributed by atoms with Crippen LogP contribution in [0.25, 0.3) is 11.0 Å². The molecule has 2 aromatic heterocycles. The molecule has 0 spiro atoms. The minimum atomic E-state index is -0.453. The van der Waals surface area contributed by atoms with E-state index < -0.39 is 11.2 Å². The van der Waals surface area contributed by atoms with Crippen LogP contribution in [0.1, 0.15) is 30.1 Å². The second kappa shape index (κ2) is 6.20. The summed E-state index contributed by atoms with van der Waals surface area (Å²) in [5.74, 6) is -0.251. The number of carbonyl (C=O) groups excluding carboxylic acids is 1. The Kier molecular flexibility index (Phi) is 4.23. The molecule has 2 aromatic rings. The fourth-order valence-corrected chi connectivity index (χ4v) is 3.12. The van der Waals surface area contributed by atoms with E-state index in [-0.39, 0.29) is 23.0 Å². The van der Waals surface area contributed by atoms with Gasteiger partial charge in [-0.05, 0) is 32.4 Å². The Balaban J connectivity index is 1.94. The van der Waals surface area contributed by atoms with Crippen molar-refractivity contribution >= 4 is 16.9 Å². The predicted molar refractivity (Wildman–Crippen MR) is 90.2 cm³/mol. The number of aryl methyl sites for hydroxylation is 1. The van der Waals surface area contributed by atoms with Crippen LogP contribution >= 0.6 is 0 Å². The van der Waals surface area contributed by atoms with Crippen molar-refractivity contribution in [3.8, 4) is 0 Å². The average Bonchev–Trinajstić information content (AvgIpc) is 2.57.